The summed E-state index contributed by atoms with van der Waals surface area (Å²) in [6, 6.07) is 14.3. The predicted octanol–water partition coefficient (Wildman–Crippen LogP) is 3.25. The van der Waals surface area contributed by atoms with Gasteiger partial charge in [0.2, 0.25) is 10.0 Å². The molecule has 2 rings (SSSR count). The number of sulfonamides is 1. The maximum atomic E-state index is 12.2. The van der Waals surface area contributed by atoms with E-state index in [0.29, 0.717) is 12.1 Å². The highest BCUT2D eigenvalue weighted by atomic mass is 35.5. The van der Waals surface area contributed by atoms with Crippen LogP contribution in [0.25, 0.3) is 0 Å². The van der Waals surface area contributed by atoms with E-state index >= 15 is 0 Å². The van der Waals surface area contributed by atoms with Gasteiger partial charge in [0.05, 0.1) is 17.0 Å². The standard InChI is InChI=1S/C17H19ClN2O3S/c1-12(13-6-4-3-5-7-13)11-19-17(21)14-8-9-16(15(18)10-14)20-24(2,22)23/h3-10,12,20H,11H2,1-2H3,(H,19,21). The van der Waals surface area contributed by atoms with Gasteiger partial charge in [-0.3, -0.25) is 9.52 Å². The Bertz CT molecular complexity index is 823. The molecule has 0 heterocycles. The largest absolute Gasteiger partial charge is 0.351 e. The summed E-state index contributed by atoms with van der Waals surface area (Å²) in [5.41, 5.74) is 1.76. The van der Waals surface area contributed by atoms with Gasteiger partial charge in [0.1, 0.15) is 0 Å². The van der Waals surface area contributed by atoms with E-state index in [4.69, 9.17) is 11.6 Å². The summed E-state index contributed by atoms with van der Waals surface area (Å²) in [6.07, 6.45) is 1.04. The fraction of sp³-hybridized carbons (Fsp3) is 0.235. The van der Waals surface area contributed by atoms with E-state index in [1.54, 1.807) is 0 Å². The lowest BCUT2D eigenvalue weighted by atomic mass is 10.0. The Hall–Kier alpha value is -2.05. The van der Waals surface area contributed by atoms with Crippen LogP contribution in [0.4, 0.5) is 5.69 Å². The Morgan fingerprint density at radius 2 is 1.83 bits per heavy atom. The molecule has 2 N–H and O–H groups in total. The Labute approximate surface area is 147 Å². The lowest BCUT2D eigenvalue weighted by Gasteiger charge is -2.13. The number of halogens is 1. The Morgan fingerprint density at radius 1 is 1.17 bits per heavy atom. The van der Waals surface area contributed by atoms with Gasteiger partial charge in [0, 0.05) is 12.1 Å². The third-order valence-electron chi connectivity index (χ3n) is 3.46. The van der Waals surface area contributed by atoms with E-state index < -0.39 is 10.0 Å². The molecule has 0 aliphatic rings. The van der Waals surface area contributed by atoms with Crippen LogP contribution in [0.5, 0.6) is 0 Å². The molecule has 0 radical (unpaired) electrons. The van der Waals surface area contributed by atoms with Crippen molar-refractivity contribution in [1.29, 1.82) is 0 Å². The first-order chi connectivity index (χ1) is 11.3. The van der Waals surface area contributed by atoms with E-state index in [1.165, 1.54) is 18.2 Å². The fourth-order valence-electron chi connectivity index (χ4n) is 2.19. The second kappa shape index (κ2) is 7.68. The molecule has 0 bridgehead atoms. The van der Waals surface area contributed by atoms with Crippen LogP contribution < -0.4 is 10.0 Å². The van der Waals surface area contributed by atoms with Gasteiger partial charge < -0.3 is 5.32 Å². The Kier molecular flexibility index (Phi) is 5.85. The van der Waals surface area contributed by atoms with Gasteiger partial charge in [-0.2, -0.15) is 0 Å². The van der Waals surface area contributed by atoms with Crippen LogP contribution in [-0.2, 0) is 10.0 Å². The average molecular weight is 367 g/mol. The van der Waals surface area contributed by atoms with Gasteiger partial charge in [0.15, 0.2) is 0 Å². The molecule has 1 atom stereocenters. The molecular weight excluding hydrogens is 348 g/mol. The van der Waals surface area contributed by atoms with Crippen molar-refractivity contribution in [2.24, 2.45) is 0 Å². The van der Waals surface area contributed by atoms with E-state index in [1.807, 2.05) is 37.3 Å². The molecule has 0 fully saturated rings. The zero-order valence-electron chi connectivity index (χ0n) is 13.4. The van der Waals surface area contributed by atoms with E-state index in [0.717, 1.165) is 11.8 Å². The van der Waals surface area contributed by atoms with Crippen molar-refractivity contribution in [3.63, 3.8) is 0 Å². The minimum atomic E-state index is -3.42. The lowest BCUT2D eigenvalue weighted by molar-refractivity contribution is 0.0951. The molecule has 0 aliphatic carbocycles. The zero-order valence-corrected chi connectivity index (χ0v) is 15.0. The minimum absolute atomic E-state index is 0.171. The zero-order chi connectivity index (χ0) is 17.7. The van der Waals surface area contributed by atoms with Crippen molar-refractivity contribution in [3.05, 3.63) is 64.7 Å². The molecule has 24 heavy (non-hydrogen) atoms. The third-order valence-corrected chi connectivity index (χ3v) is 4.37. The summed E-state index contributed by atoms with van der Waals surface area (Å²) in [7, 11) is -3.42. The average Bonchev–Trinajstić information content (AvgIpc) is 2.53. The van der Waals surface area contributed by atoms with Crippen molar-refractivity contribution in [3.8, 4) is 0 Å². The van der Waals surface area contributed by atoms with Crippen molar-refractivity contribution in [2.45, 2.75) is 12.8 Å². The number of carbonyl (C=O) groups is 1. The number of amides is 1. The van der Waals surface area contributed by atoms with Gasteiger partial charge in [-0.05, 0) is 29.7 Å². The second-order valence-corrected chi connectivity index (χ2v) is 7.75. The highest BCUT2D eigenvalue weighted by molar-refractivity contribution is 7.92. The molecule has 0 spiro atoms. The van der Waals surface area contributed by atoms with Gasteiger partial charge in [0.25, 0.3) is 5.91 Å². The third kappa shape index (κ3) is 5.25. The number of hydrogen-bond acceptors (Lipinski definition) is 3. The van der Waals surface area contributed by atoms with Crippen LogP contribution in [0.1, 0.15) is 28.8 Å². The SMILES string of the molecule is CC(CNC(=O)c1ccc(NS(C)(=O)=O)c(Cl)c1)c1ccccc1. The van der Waals surface area contributed by atoms with Crippen LogP contribution in [0.15, 0.2) is 48.5 Å². The molecule has 0 aliphatic heterocycles. The van der Waals surface area contributed by atoms with Crippen LogP contribution in [0.3, 0.4) is 0 Å². The first-order valence-electron chi connectivity index (χ1n) is 7.37. The Morgan fingerprint density at radius 3 is 2.42 bits per heavy atom. The summed E-state index contributed by atoms with van der Waals surface area (Å²) in [6.45, 7) is 2.52. The minimum Gasteiger partial charge on any atom is -0.351 e. The highest BCUT2D eigenvalue weighted by Gasteiger charge is 2.12. The molecule has 1 amide bonds. The van der Waals surface area contributed by atoms with Gasteiger partial charge in [-0.25, -0.2) is 8.42 Å². The summed E-state index contributed by atoms with van der Waals surface area (Å²) in [5, 5.41) is 3.03. The summed E-state index contributed by atoms with van der Waals surface area (Å²) < 4.78 is 24.8. The van der Waals surface area contributed by atoms with Crippen molar-refractivity contribution >= 4 is 33.2 Å². The topological polar surface area (TPSA) is 75.3 Å². The molecule has 1 unspecified atom stereocenters. The van der Waals surface area contributed by atoms with Crippen molar-refractivity contribution < 1.29 is 13.2 Å². The number of hydrogen-bond donors (Lipinski definition) is 2. The van der Waals surface area contributed by atoms with Crippen LogP contribution >= 0.6 is 11.6 Å². The summed E-state index contributed by atoms with van der Waals surface area (Å²) in [5.74, 6) is -0.0811. The molecule has 5 nitrogen and oxygen atoms in total. The quantitative estimate of drug-likeness (QED) is 0.824. The predicted molar refractivity (Wildman–Crippen MR) is 97.1 cm³/mol. The molecule has 128 valence electrons. The smallest absolute Gasteiger partial charge is 0.251 e. The molecular formula is C17H19ClN2O3S. The van der Waals surface area contributed by atoms with E-state index in [-0.39, 0.29) is 22.5 Å². The van der Waals surface area contributed by atoms with E-state index in [9.17, 15) is 13.2 Å². The first-order valence-corrected chi connectivity index (χ1v) is 9.63. The number of carbonyl (C=O) groups excluding carboxylic acids is 1. The first kappa shape index (κ1) is 18.3. The number of rotatable bonds is 6. The molecule has 2 aromatic rings. The molecule has 0 saturated heterocycles. The lowest BCUT2D eigenvalue weighted by Crippen LogP contribution is -2.27. The van der Waals surface area contributed by atoms with Crippen molar-refractivity contribution in [1.82, 2.24) is 5.32 Å². The summed E-state index contributed by atoms with van der Waals surface area (Å²) in [4.78, 5) is 12.2. The molecule has 0 aromatic heterocycles. The van der Waals surface area contributed by atoms with E-state index in [2.05, 4.69) is 10.0 Å². The second-order valence-electron chi connectivity index (χ2n) is 5.59. The van der Waals surface area contributed by atoms with Gasteiger partial charge >= 0.3 is 0 Å². The molecule has 7 heteroatoms. The van der Waals surface area contributed by atoms with Gasteiger partial charge in [-0.15, -0.1) is 0 Å². The summed E-state index contributed by atoms with van der Waals surface area (Å²) >= 11 is 6.03. The normalized spacial score (nSPS) is 12.5. The maximum Gasteiger partial charge on any atom is 0.251 e. The maximum absolute atomic E-state index is 12.2. The molecule has 0 saturated carbocycles. The monoisotopic (exact) mass is 366 g/mol. The van der Waals surface area contributed by atoms with Crippen LogP contribution in [0.2, 0.25) is 5.02 Å². The number of nitrogens with one attached hydrogen (secondary N) is 2. The van der Waals surface area contributed by atoms with Gasteiger partial charge in [-0.1, -0.05) is 48.9 Å². The van der Waals surface area contributed by atoms with Crippen LogP contribution in [-0.4, -0.2) is 27.1 Å². The van der Waals surface area contributed by atoms with Crippen molar-refractivity contribution in [2.75, 3.05) is 17.5 Å². The van der Waals surface area contributed by atoms with Crippen LogP contribution in [0, 0.1) is 0 Å². The highest BCUT2D eigenvalue weighted by Crippen LogP contribution is 2.24. The molecule has 2 aromatic carbocycles. The Balaban J connectivity index is 2.01. The fourth-order valence-corrected chi connectivity index (χ4v) is 3.05. The number of benzene rings is 2. The number of anilines is 1.